The Bertz CT molecular complexity index is 2460. The van der Waals surface area contributed by atoms with Crippen molar-refractivity contribution in [1.82, 2.24) is 14.5 Å². The Morgan fingerprint density at radius 1 is 0.500 bits per heavy atom. The highest BCUT2D eigenvalue weighted by Crippen LogP contribution is 2.41. The minimum absolute atomic E-state index is 0.594. The summed E-state index contributed by atoms with van der Waals surface area (Å²) < 4.78 is 8.89. The second-order valence-electron chi connectivity index (χ2n) is 10.6. The predicted octanol–water partition coefficient (Wildman–Crippen LogP) is 9.96. The normalized spacial score (nSPS) is 11.8. The van der Waals surface area contributed by atoms with Crippen molar-refractivity contribution >= 4 is 54.6 Å². The highest BCUT2D eigenvalue weighted by molar-refractivity contribution is 6.18. The summed E-state index contributed by atoms with van der Waals surface area (Å²) in [5.41, 5.74) is 7.75. The van der Waals surface area contributed by atoms with Crippen LogP contribution in [-0.4, -0.2) is 14.5 Å². The van der Waals surface area contributed by atoms with E-state index in [4.69, 9.17) is 14.4 Å². The lowest BCUT2D eigenvalue weighted by Gasteiger charge is -2.09. The van der Waals surface area contributed by atoms with Gasteiger partial charge in [-0.15, -0.1) is 0 Å². The van der Waals surface area contributed by atoms with Crippen molar-refractivity contribution in [1.29, 1.82) is 0 Å². The molecular weight excluding hydrogens is 514 g/mol. The molecule has 0 fully saturated rings. The number of nitrogens with zero attached hydrogens (tertiary/aromatic N) is 3. The van der Waals surface area contributed by atoms with E-state index in [1.807, 2.05) is 36.4 Å². The molecule has 6 aromatic carbocycles. The molecule has 42 heavy (non-hydrogen) atoms. The molecular formula is C38H23N3O. The summed E-state index contributed by atoms with van der Waals surface area (Å²) in [5, 5.41) is 6.54. The Hall–Kier alpha value is -5.74. The van der Waals surface area contributed by atoms with E-state index in [1.165, 1.54) is 16.3 Å². The molecule has 0 N–H and O–H groups in total. The van der Waals surface area contributed by atoms with Gasteiger partial charge in [0, 0.05) is 38.4 Å². The number of benzene rings is 6. The fraction of sp³-hybridized carbons (Fsp3) is 0. The van der Waals surface area contributed by atoms with Crippen LogP contribution in [0.4, 0.5) is 0 Å². The van der Waals surface area contributed by atoms with Crippen molar-refractivity contribution < 1.29 is 4.42 Å². The van der Waals surface area contributed by atoms with Crippen molar-refractivity contribution in [3.63, 3.8) is 0 Å². The number of aromatic nitrogens is 3. The van der Waals surface area contributed by atoms with Gasteiger partial charge in [0.05, 0.1) is 22.1 Å². The fourth-order valence-electron chi connectivity index (χ4n) is 6.30. The van der Waals surface area contributed by atoms with Gasteiger partial charge in [0.2, 0.25) is 5.71 Å². The first-order chi connectivity index (χ1) is 20.8. The van der Waals surface area contributed by atoms with Crippen molar-refractivity contribution in [2.24, 2.45) is 0 Å². The average molecular weight is 538 g/mol. The molecule has 0 aliphatic carbocycles. The van der Waals surface area contributed by atoms with Crippen molar-refractivity contribution in [2.75, 3.05) is 0 Å². The second kappa shape index (κ2) is 8.88. The molecule has 0 amide bonds. The highest BCUT2D eigenvalue weighted by atomic mass is 16.3. The summed E-state index contributed by atoms with van der Waals surface area (Å²) in [7, 11) is 0. The standard InChI is InChI=1S/C38H23N3O/c1-3-12-25(13-4-1)37-39-35(34-30-21-19-24-11-7-8-16-28(24)36(30)42-38(34)40-37)26-20-22-33-31(23-26)29-17-9-10-18-32(29)41(33)27-14-5-2-6-15-27/h1-23H. The van der Waals surface area contributed by atoms with Crippen LogP contribution in [0.15, 0.2) is 144 Å². The van der Waals surface area contributed by atoms with Gasteiger partial charge >= 0.3 is 0 Å². The van der Waals surface area contributed by atoms with Gasteiger partial charge in [-0.2, -0.15) is 4.98 Å². The molecule has 0 atom stereocenters. The molecule has 0 spiro atoms. The Morgan fingerprint density at radius 2 is 1.21 bits per heavy atom. The van der Waals surface area contributed by atoms with Crippen LogP contribution in [0.25, 0.3) is 83.0 Å². The van der Waals surface area contributed by atoms with Gasteiger partial charge in [-0.25, -0.2) is 4.98 Å². The summed E-state index contributed by atoms with van der Waals surface area (Å²) in [6.45, 7) is 0. The lowest BCUT2D eigenvalue weighted by molar-refractivity contribution is 0.657. The highest BCUT2D eigenvalue weighted by Gasteiger charge is 2.21. The summed E-state index contributed by atoms with van der Waals surface area (Å²) in [4.78, 5) is 10.2. The van der Waals surface area contributed by atoms with Gasteiger partial charge in [-0.05, 0) is 41.8 Å². The lowest BCUT2D eigenvalue weighted by atomic mass is 10.0. The van der Waals surface area contributed by atoms with E-state index in [1.54, 1.807) is 0 Å². The van der Waals surface area contributed by atoms with Gasteiger partial charge in [-0.3, -0.25) is 0 Å². The van der Waals surface area contributed by atoms with Crippen molar-refractivity contribution in [3.8, 4) is 28.3 Å². The average Bonchev–Trinajstić information content (AvgIpc) is 3.61. The summed E-state index contributed by atoms with van der Waals surface area (Å²) in [5.74, 6) is 0.647. The van der Waals surface area contributed by atoms with Gasteiger partial charge in [0.15, 0.2) is 5.82 Å². The second-order valence-corrected chi connectivity index (χ2v) is 10.6. The van der Waals surface area contributed by atoms with E-state index in [2.05, 4.69) is 108 Å². The van der Waals surface area contributed by atoms with Crippen LogP contribution >= 0.6 is 0 Å². The fourth-order valence-corrected chi connectivity index (χ4v) is 6.30. The minimum Gasteiger partial charge on any atom is -0.437 e. The molecule has 4 heteroatoms. The summed E-state index contributed by atoms with van der Waals surface area (Å²) in [6.07, 6.45) is 0. The van der Waals surface area contributed by atoms with Crippen LogP contribution in [0.5, 0.6) is 0 Å². The molecule has 0 unspecified atom stereocenters. The zero-order valence-electron chi connectivity index (χ0n) is 22.5. The monoisotopic (exact) mass is 537 g/mol. The van der Waals surface area contributed by atoms with E-state index < -0.39 is 0 Å². The maximum absolute atomic E-state index is 6.55. The first-order valence-electron chi connectivity index (χ1n) is 14.1. The zero-order chi connectivity index (χ0) is 27.6. The molecule has 0 radical (unpaired) electrons. The minimum atomic E-state index is 0.594. The SMILES string of the molecule is c1ccc(-c2nc(-c3ccc4c(c3)c3ccccc3n4-c3ccccc3)c3c(n2)oc2c4ccccc4ccc23)cc1. The molecule has 3 heterocycles. The molecule has 0 saturated heterocycles. The Kier molecular flexibility index (Phi) is 4.87. The Labute approximate surface area is 241 Å². The molecule has 0 saturated carbocycles. The van der Waals surface area contributed by atoms with Crippen LogP contribution < -0.4 is 0 Å². The van der Waals surface area contributed by atoms with E-state index >= 15 is 0 Å². The zero-order valence-corrected chi connectivity index (χ0v) is 22.5. The molecule has 0 bridgehead atoms. The number of hydrogen-bond donors (Lipinski definition) is 0. The number of furan rings is 1. The molecule has 3 aromatic heterocycles. The van der Waals surface area contributed by atoms with Crippen molar-refractivity contribution in [2.45, 2.75) is 0 Å². The van der Waals surface area contributed by atoms with Crippen molar-refractivity contribution in [3.05, 3.63) is 140 Å². The number of para-hydroxylation sites is 2. The molecule has 0 aliphatic heterocycles. The van der Waals surface area contributed by atoms with Gasteiger partial charge in [0.1, 0.15) is 5.58 Å². The maximum Gasteiger partial charge on any atom is 0.231 e. The first kappa shape index (κ1) is 23.0. The Morgan fingerprint density at radius 3 is 2.07 bits per heavy atom. The maximum atomic E-state index is 6.55. The first-order valence-corrected chi connectivity index (χ1v) is 14.1. The largest absolute Gasteiger partial charge is 0.437 e. The van der Waals surface area contributed by atoms with E-state index in [0.29, 0.717) is 11.5 Å². The van der Waals surface area contributed by atoms with E-state index in [-0.39, 0.29) is 0 Å². The third-order valence-electron chi connectivity index (χ3n) is 8.22. The molecule has 4 nitrogen and oxygen atoms in total. The van der Waals surface area contributed by atoms with Gasteiger partial charge < -0.3 is 8.98 Å². The van der Waals surface area contributed by atoms with Crippen LogP contribution in [-0.2, 0) is 0 Å². The molecule has 196 valence electrons. The van der Waals surface area contributed by atoms with Crippen LogP contribution in [0, 0.1) is 0 Å². The summed E-state index contributed by atoms with van der Waals surface area (Å²) in [6, 6.07) is 48.5. The topological polar surface area (TPSA) is 43.9 Å². The Balaban J connectivity index is 1.38. The number of hydrogen-bond acceptors (Lipinski definition) is 3. The third-order valence-corrected chi connectivity index (χ3v) is 8.22. The van der Waals surface area contributed by atoms with Crippen LogP contribution in [0.3, 0.4) is 0 Å². The smallest absolute Gasteiger partial charge is 0.231 e. The van der Waals surface area contributed by atoms with E-state index in [0.717, 1.165) is 55.2 Å². The van der Waals surface area contributed by atoms with E-state index in [9.17, 15) is 0 Å². The lowest BCUT2D eigenvalue weighted by Crippen LogP contribution is -1.95. The van der Waals surface area contributed by atoms with Gasteiger partial charge in [-0.1, -0.05) is 103 Å². The van der Waals surface area contributed by atoms with Crippen LogP contribution in [0.1, 0.15) is 0 Å². The van der Waals surface area contributed by atoms with Crippen LogP contribution in [0.2, 0.25) is 0 Å². The van der Waals surface area contributed by atoms with Gasteiger partial charge in [0.25, 0.3) is 0 Å². The number of fused-ring (bicyclic) bond motifs is 8. The molecule has 0 aliphatic rings. The number of rotatable bonds is 3. The third kappa shape index (κ3) is 3.36. The molecule has 9 rings (SSSR count). The summed E-state index contributed by atoms with van der Waals surface area (Å²) >= 11 is 0. The quantitative estimate of drug-likeness (QED) is 0.225. The predicted molar refractivity (Wildman–Crippen MR) is 172 cm³/mol. The molecule has 9 aromatic rings.